The van der Waals surface area contributed by atoms with E-state index in [9.17, 15) is 14.7 Å². The van der Waals surface area contributed by atoms with Gasteiger partial charge in [0, 0.05) is 19.4 Å². The van der Waals surface area contributed by atoms with E-state index in [4.69, 9.17) is 15.2 Å². The summed E-state index contributed by atoms with van der Waals surface area (Å²) in [6, 6.07) is 0. The largest absolute Gasteiger partial charge is 0.454 e. The predicted octanol–water partition coefficient (Wildman–Crippen LogP) is 9.68. The van der Waals surface area contributed by atoms with E-state index in [-0.39, 0.29) is 18.5 Å². The highest BCUT2D eigenvalue weighted by Crippen LogP contribution is 2.32. The molecule has 41 heavy (non-hydrogen) atoms. The minimum Gasteiger partial charge on any atom is -0.454 e. The molecule has 0 saturated carbocycles. The Balaban J connectivity index is 4.29. The number of esters is 2. The standard InChI is InChI=1S/C35H69NO5/c1-5-7-9-11-13-15-17-19-21-23-25-28-32(38)40-34(3,30-27-31-37)35(4,36)41-33(39)29-26-24-22-20-18-16-14-12-10-8-6-2/h37H,5-31,36H2,1-4H3. The van der Waals surface area contributed by atoms with Crippen LogP contribution in [0.5, 0.6) is 0 Å². The van der Waals surface area contributed by atoms with Gasteiger partial charge in [-0.25, -0.2) is 0 Å². The highest BCUT2D eigenvalue weighted by atomic mass is 16.6. The van der Waals surface area contributed by atoms with Crippen LogP contribution >= 0.6 is 0 Å². The van der Waals surface area contributed by atoms with Crippen LogP contribution in [0.15, 0.2) is 0 Å². The Morgan fingerprint density at radius 1 is 0.537 bits per heavy atom. The second-order valence-electron chi connectivity index (χ2n) is 12.7. The maximum atomic E-state index is 12.7. The summed E-state index contributed by atoms with van der Waals surface area (Å²) < 4.78 is 11.5. The van der Waals surface area contributed by atoms with Crippen LogP contribution in [0.25, 0.3) is 0 Å². The molecule has 0 aromatic carbocycles. The molecule has 2 atom stereocenters. The second-order valence-corrected chi connectivity index (χ2v) is 12.7. The number of ether oxygens (including phenoxy) is 2. The average molecular weight is 584 g/mol. The van der Waals surface area contributed by atoms with Crippen LogP contribution in [0.2, 0.25) is 0 Å². The molecule has 0 aliphatic heterocycles. The van der Waals surface area contributed by atoms with E-state index in [1.54, 1.807) is 13.8 Å². The fraction of sp³-hybridized carbons (Fsp3) is 0.943. The summed E-state index contributed by atoms with van der Waals surface area (Å²) in [4.78, 5) is 25.3. The fourth-order valence-electron chi connectivity index (χ4n) is 5.38. The summed E-state index contributed by atoms with van der Waals surface area (Å²) in [5.74, 6) is -0.679. The molecule has 0 bridgehead atoms. The predicted molar refractivity (Wildman–Crippen MR) is 172 cm³/mol. The van der Waals surface area contributed by atoms with Crippen LogP contribution in [0.1, 0.15) is 195 Å². The molecule has 6 nitrogen and oxygen atoms in total. The van der Waals surface area contributed by atoms with Crippen molar-refractivity contribution in [1.82, 2.24) is 0 Å². The Kier molecular flexibility index (Phi) is 25.7. The van der Waals surface area contributed by atoms with Crippen LogP contribution < -0.4 is 5.73 Å². The van der Waals surface area contributed by atoms with Gasteiger partial charge in [0.05, 0.1) is 0 Å². The van der Waals surface area contributed by atoms with Gasteiger partial charge in [0.2, 0.25) is 0 Å². The Morgan fingerprint density at radius 2 is 0.854 bits per heavy atom. The molecule has 2 unspecified atom stereocenters. The first kappa shape index (κ1) is 39.9. The van der Waals surface area contributed by atoms with Crippen molar-refractivity contribution in [2.24, 2.45) is 5.73 Å². The molecule has 0 spiro atoms. The third-order valence-electron chi connectivity index (χ3n) is 8.50. The molecule has 0 saturated heterocycles. The molecule has 0 aromatic rings. The van der Waals surface area contributed by atoms with Gasteiger partial charge in [-0.15, -0.1) is 0 Å². The van der Waals surface area contributed by atoms with Crippen molar-refractivity contribution < 1.29 is 24.2 Å². The van der Waals surface area contributed by atoms with Gasteiger partial charge in [-0.05, 0) is 39.5 Å². The van der Waals surface area contributed by atoms with Gasteiger partial charge in [0.1, 0.15) is 0 Å². The lowest BCUT2D eigenvalue weighted by Crippen LogP contribution is -2.61. The Morgan fingerprint density at radius 3 is 1.20 bits per heavy atom. The molecule has 0 aliphatic rings. The first-order chi connectivity index (χ1) is 19.7. The van der Waals surface area contributed by atoms with Crippen molar-refractivity contribution in [3.63, 3.8) is 0 Å². The minimum absolute atomic E-state index is 0.0471. The van der Waals surface area contributed by atoms with E-state index in [2.05, 4.69) is 13.8 Å². The van der Waals surface area contributed by atoms with E-state index in [0.717, 1.165) is 38.5 Å². The molecule has 0 aliphatic carbocycles. The van der Waals surface area contributed by atoms with E-state index >= 15 is 0 Å². The molecular weight excluding hydrogens is 514 g/mol. The maximum absolute atomic E-state index is 12.7. The highest BCUT2D eigenvalue weighted by Gasteiger charge is 2.48. The van der Waals surface area contributed by atoms with Gasteiger partial charge in [0.15, 0.2) is 11.3 Å². The summed E-state index contributed by atoms with van der Waals surface area (Å²) >= 11 is 0. The molecule has 0 heterocycles. The number of rotatable bonds is 30. The number of hydrogen-bond acceptors (Lipinski definition) is 6. The van der Waals surface area contributed by atoms with Crippen LogP contribution in [0, 0.1) is 0 Å². The van der Waals surface area contributed by atoms with Crippen LogP contribution in [-0.4, -0.2) is 35.0 Å². The molecule has 0 rings (SSSR count). The summed E-state index contributed by atoms with van der Waals surface area (Å²) in [5.41, 5.74) is 3.81. The van der Waals surface area contributed by atoms with Gasteiger partial charge >= 0.3 is 11.9 Å². The smallest absolute Gasteiger partial charge is 0.307 e. The molecular formula is C35H69NO5. The van der Waals surface area contributed by atoms with Gasteiger partial charge in [-0.3, -0.25) is 15.3 Å². The molecule has 3 N–H and O–H groups in total. The minimum atomic E-state index is -1.47. The van der Waals surface area contributed by atoms with Crippen molar-refractivity contribution in [1.29, 1.82) is 0 Å². The first-order valence-electron chi connectivity index (χ1n) is 17.6. The Bertz CT molecular complexity index is 624. The van der Waals surface area contributed by atoms with Gasteiger partial charge in [0.25, 0.3) is 0 Å². The quantitative estimate of drug-likeness (QED) is 0.0496. The zero-order chi connectivity index (χ0) is 30.7. The highest BCUT2D eigenvalue weighted by molar-refractivity contribution is 5.71. The SMILES string of the molecule is CCCCCCCCCCCCCC(=O)OC(C)(N)C(C)(CCCO)OC(=O)CCCCCCCCCCCCC. The van der Waals surface area contributed by atoms with E-state index in [1.165, 1.54) is 103 Å². The second kappa shape index (κ2) is 26.5. The third kappa shape index (κ3) is 22.1. The molecule has 0 amide bonds. The summed E-state index contributed by atoms with van der Waals surface area (Å²) in [6.07, 6.45) is 28.1. The number of aliphatic hydroxyl groups excluding tert-OH is 1. The normalized spacial score (nSPS) is 14.4. The van der Waals surface area contributed by atoms with E-state index < -0.39 is 11.3 Å². The molecule has 0 aromatic heterocycles. The zero-order valence-electron chi connectivity index (χ0n) is 27.7. The van der Waals surface area contributed by atoms with Crippen molar-refractivity contribution in [3.8, 4) is 0 Å². The molecule has 0 fully saturated rings. The lowest BCUT2D eigenvalue weighted by molar-refractivity contribution is -0.208. The zero-order valence-corrected chi connectivity index (χ0v) is 27.7. The van der Waals surface area contributed by atoms with Crippen LogP contribution in [0.3, 0.4) is 0 Å². The molecule has 244 valence electrons. The monoisotopic (exact) mass is 584 g/mol. The van der Waals surface area contributed by atoms with Gasteiger partial charge < -0.3 is 14.6 Å². The maximum Gasteiger partial charge on any atom is 0.307 e. The van der Waals surface area contributed by atoms with E-state index in [0.29, 0.717) is 25.7 Å². The lowest BCUT2D eigenvalue weighted by Gasteiger charge is -2.42. The first-order valence-corrected chi connectivity index (χ1v) is 17.6. The number of carbonyl (C=O) groups is 2. The van der Waals surface area contributed by atoms with Gasteiger partial charge in [-0.2, -0.15) is 0 Å². The lowest BCUT2D eigenvalue weighted by atomic mass is 9.88. The van der Waals surface area contributed by atoms with E-state index in [1.807, 2.05) is 0 Å². The number of unbranched alkanes of at least 4 members (excludes halogenated alkanes) is 20. The Labute approximate surface area is 254 Å². The number of hydrogen-bond donors (Lipinski definition) is 2. The van der Waals surface area contributed by atoms with Crippen molar-refractivity contribution in [2.45, 2.75) is 206 Å². The van der Waals surface area contributed by atoms with Crippen LogP contribution in [-0.2, 0) is 19.1 Å². The Hall–Kier alpha value is -1.14. The average Bonchev–Trinajstić information content (AvgIpc) is 2.93. The summed E-state index contributed by atoms with van der Waals surface area (Å²) in [7, 11) is 0. The molecule has 0 radical (unpaired) electrons. The van der Waals surface area contributed by atoms with Crippen molar-refractivity contribution >= 4 is 11.9 Å². The van der Waals surface area contributed by atoms with Crippen molar-refractivity contribution in [2.75, 3.05) is 6.61 Å². The fourth-order valence-corrected chi connectivity index (χ4v) is 5.38. The number of carbonyl (C=O) groups excluding carboxylic acids is 2. The number of nitrogens with two attached hydrogens (primary N) is 1. The van der Waals surface area contributed by atoms with Crippen LogP contribution in [0.4, 0.5) is 0 Å². The van der Waals surface area contributed by atoms with Gasteiger partial charge in [-0.1, -0.05) is 142 Å². The third-order valence-corrected chi connectivity index (χ3v) is 8.50. The summed E-state index contributed by atoms with van der Waals surface area (Å²) in [5, 5.41) is 9.41. The topological polar surface area (TPSA) is 98.8 Å². The molecule has 6 heteroatoms. The summed E-state index contributed by atoms with van der Waals surface area (Å²) in [6.45, 7) is 7.77. The number of aliphatic hydroxyl groups is 1. The van der Waals surface area contributed by atoms with Crippen molar-refractivity contribution in [3.05, 3.63) is 0 Å².